The molecule has 3 rings (SSSR count). The highest BCUT2D eigenvalue weighted by molar-refractivity contribution is 5.88. The number of carbonyl (C=O) groups is 1. The number of ether oxygens (including phenoxy) is 4. The fourth-order valence-electron chi connectivity index (χ4n) is 3.93. The molecule has 0 unspecified atom stereocenters. The third kappa shape index (κ3) is 6.43. The van der Waals surface area contributed by atoms with Gasteiger partial charge in [-0.1, -0.05) is 12.1 Å². The summed E-state index contributed by atoms with van der Waals surface area (Å²) in [6.45, 7) is 2.92. The van der Waals surface area contributed by atoms with Crippen molar-refractivity contribution in [2.45, 2.75) is 18.6 Å². The van der Waals surface area contributed by atoms with Gasteiger partial charge in [-0.3, -0.25) is 4.90 Å². The second-order valence-electron chi connectivity index (χ2n) is 7.85. The lowest BCUT2D eigenvalue weighted by molar-refractivity contribution is -0.0679. The van der Waals surface area contributed by atoms with Gasteiger partial charge in [-0.05, 0) is 48.4 Å². The lowest BCUT2D eigenvalue weighted by atomic mass is 10.0. The van der Waals surface area contributed by atoms with Gasteiger partial charge in [0, 0.05) is 46.6 Å². The molecule has 1 aliphatic rings. The molecule has 32 heavy (non-hydrogen) atoms. The molecule has 0 bridgehead atoms. The third-order valence-corrected chi connectivity index (χ3v) is 5.63. The molecule has 1 saturated heterocycles. The molecule has 1 heterocycles. The molecule has 2 aromatic rings. The number of benzene rings is 2. The minimum atomic E-state index is -0.927. The van der Waals surface area contributed by atoms with Crippen molar-refractivity contribution in [2.24, 2.45) is 0 Å². The molecule has 1 N–H and O–H groups in total. The van der Waals surface area contributed by atoms with Crippen LogP contribution in [0.15, 0.2) is 48.5 Å². The Labute approximate surface area is 189 Å². The van der Waals surface area contributed by atoms with E-state index in [2.05, 4.69) is 15.9 Å². The maximum absolute atomic E-state index is 11.2. The number of nitrogens with zero attached hydrogens (tertiary/aromatic N) is 2. The van der Waals surface area contributed by atoms with Gasteiger partial charge in [0.15, 0.2) is 6.79 Å². The number of methoxy groups -OCH3 is 2. The average molecular weight is 445 g/mol. The number of hydrogen-bond donors (Lipinski definition) is 1. The predicted molar refractivity (Wildman–Crippen MR) is 121 cm³/mol. The summed E-state index contributed by atoms with van der Waals surface area (Å²) in [6.07, 6.45) is 1.07. The van der Waals surface area contributed by atoms with Crippen LogP contribution in [0.4, 0.5) is 5.69 Å². The molecule has 0 radical (unpaired) electrons. The van der Waals surface area contributed by atoms with E-state index in [0.29, 0.717) is 6.79 Å². The van der Waals surface area contributed by atoms with Crippen LogP contribution < -0.4 is 9.64 Å². The fourth-order valence-corrected chi connectivity index (χ4v) is 3.93. The van der Waals surface area contributed by atoms with Gasteiger partial charge in [-0.25, -0.2) is 4.79 Å². The molecular weight excluding hydrogens is 412 g/mol. The Balaban J connectivity index is 1.79. The van der Waals surface area contributed by atoms with Crippen LogP contribution >= 0.6 is 0 Å². The Morgan fingerprint density at radius 3 is 2.59 bits per heavy atom. The van der Waals surface area contributed by atoms with E-state index in [1.807, 2.05) is 37.4 Å². The van der Waals surface area contributed by atoms with Gasteiger partial charge in [0.25, 0.3) is 0 Å². The number of likely N-dealkylation sites (N-methyl/N-ethyl adjacent to an activating group) is 1. The van der Waals surface area contributed by atoms with Crippen LogP contribution in [0.3, 0.4) is 0 Å². The first-order chi connectivity index (χ1) is 15.5. The maximum atomic E-state index is 11.2. The van der Waals surface area contributed by atoms with Crippen molar-refractivity contribution in [2.75, 3.05) is 59.4 Å². The number of anilines is 1. The SMILES string of the molecule is COCOc1cccc([C@H](CN(C)c2ccc(C(=O)O)cc2)N2CC[C@H](OCOC)C2)c1. The summed E-state index contributed by atoms with van der Waals surface area (Å²) in [7, 11) is 5.25. The van der Waals surface area contributed by atoms with Crippen LogP contribution in [0.25, 0.3) is 0 Å². The molecule has 0 saturated carbocycles. The molecule has 1 fully saturated rings. The van der Waals surface area contributed by atoms with Crippen molar-refractivity contribution >= 4 is 11.7 Å². The molecule has 1 aliphatic heterocycles. The van der Waals surface area contributed by atoms with Gasteiger partial charge in [0.1, 0.15) is 12.5 Å². The lowest BCUT2D eigenvalue weighted by Crippen LogP contribution is -2.36. The quantitative estimate of drug-likeness (QED) is 0.500. The van der Waals surface area contributed by atoms with Gasteiger partial charge in [0.2, 0.25) is 0 Å². The Morgan fingerprint density at radius 1 is 1.16 bits per heavy atom. The number of likely N-dealkylation sites (tertiary alicyclic amines) is 1. The summed E-state index contributed by atoms with van der Waals surface area (Å²) in [5.41, 5.74) is 2.37. The third-order valence-electron chi connectivity index (χ3n) is 5.63. The van der Waals surface area contributed by atoms with Gasteiger partial charge in [-0.2, -0.15) is 0 Å². The molecule has 8 nitrogen and oxygen atoms in total. The smallest absolute Gasteiger partial charge is 0.335 e. The van der Waals surface area contributed by atoms with Crippen LogP contribution in [0, 0.1) is 0 Å². The van der Waals surface area contributed by atoms with Crippen molar-refractivity contribution in [3.8, 4) is 5.75 Å². The van der Waals surface area contributed by atoms with Gasteiger partial charge < -0.3 is 29.0 Å². The number of hydrogen-bond acceptors (Lipinski definition) is 7. The van der Waals surface area contributed by atoms with E-state index in [1.165, 1.54) is 0 Å². The number of rotatable bonds is 12. The molecule has 8 heteroatoms. The minimum absolute atomic E-state index is 0.0985. The Hall–Kier alpha value is -2.65. The van der Waals surface area contributed by atoms with Gasteiger partial charge in [-0.15, -0.1) is 0 Å². The zero-order chi connectivity index (χ0) is 22.9. The van der Waals surface area contributed by atoms with Crippen LogP contribution in [-0.4, -0.2) is 76.6 Å². The molecule has 0 amide bonds. The van der Waals surface area contributed by atoms with E-state index in [9.17, 15) is 4.79 Å². The summed E-state index contributed by atoms with van der Waals surface area (Å²) < 4.78 is 21.6. The second kappa shape index (κ2) is 11.8. The average Bonchev–Trinajstić information content (AvgIpc) is 3.28. The van der Waals surface area contributed by atoms with Crippen LogP contribution in [0.2, 0.25) is 0 Å². The molecule has 2 aromatic carbocycles. The Morgan fingerprint density at radius 2 is 1.91 bits per heavy atom. The topological polar surface area (TPSA) is 80.7 Å². The normalized spacial score (nSPS) is 17.3. The van der Waals surface area contributed by atoms with Crippen LogP contribution in [0.5, 0.6) is 5.75 Å². The van der Waals surface area contributed by atoms with E-state index in [0.717, 1.165) is 43.1 Å². The molecular formula is C24H32N2O6. The number of carboxylic acid groups (broad SMARTS) is 1. The van der Waals surface area contributed by atoms with Crippen LogP contribution in [-0.2, 0) is 14.2 Å². The fraction of sp³-hybridized carbons (Fsp3) is 0.458. The van der Waals surface area contributed by atoms with Gasteiger partial charge >= 0.3 is 5.97 Å². The van der Waals surface area contributed by atoms with Crippen LogP contribution in [0.1, 0.15) is 28.4 Å². The lowest BCUT2D eigenvalue weighted by Gasteiger charge is -2.33. The van der Waals surface area contributed by atoms with Crippen molar-refractivity contribution < 1.29 is 28.8 Å². The Kier molecular flexibility index (Phi) is 8.87. The minimum Gasteiger partial charge on any atom is -0.478 e. The summed E-state index contributed by atoms with van der Waals surface area (Å²) in [5.74, 6) is -0.168. The molecule has 174 valence electrons. The Bertz CT molecular complexity index is 860. The first kappa shape index (κ1) is 24.0. The zero-order valence-electron chi connectivity index (χ0n) is 18.9. The summed E-state index contributed by atoms with van der Waals surface area (Å²) in [4.78, 5) is 15.7. The van der Waals surface area contributed by atoms with Crippen molar-refractivity contribution in [1.29, 1.82) is 0 Å². The van der Waals surface area contributed by atoms with Gasteiger partial charge in [0.05, 0.1) is 17.7 Å². The zero-order valence-corrected chi connectivity index (χ0v) is 18.9. The second-order valence-corrected chi connectivity index (χ2v) is 7.85. The molecule has 0 spiro atoms. The summed E-state index contributed by atoms with van der Waals surface area (Å²) in [5, 5.41) is 9.16. The van der Waals surface area contributed by atoms with Crippen molar-refractivity contribution in [3.05, 3.63) is 59.7 Å². The molecule has 0 aromatic heterocycles. The first-order valence-electron chi connectivity index (χ1n) is 10.6. The largest absolute Gasteiger partial charge is 0.478 e. The first-order valence-corrected chi connectivity index (χ1v) is 10.6. The highest BCUT2D eigenvalue weighted by atomic mass is 16.7. The number of aromatic carboxylic acids is 1. The monoisotopic (exact) mass is 444 g/mol. The highest BCUT2D eigenvalue weighted by Gasteiger charge is 2.31. The van der Waals surface area contributed by atoms with E-state index < -0.39 is 5.97 Å². The van der Waals surface area contributed by atoms with Crippen molar-refractivity contribution in [3.63, 3.8) is 0 Å². The summed E-state index contributed by atoms with van der Waals surface area (Å²) >= 11 is 0. The van der Waals surface area contributed by atoms with E-state index in [4.69, 9.17) is 24.1 Å². The van der Waals surface area contributed by atoms with E-state index in [1.54, 1.807) is 26.4 Å². The van der Waals surface area contributed by atoms with E-state index in [-0.39, 0.29) is 24.5 Å². The van der Waals surface area contributed by atoms with Crippen molar-refractivity contribution in [1.82, 2.24) is 4.90 Å². The molecule has 0 aliphatic carbocycles. The molecule has 2 atom stereocenters. The maximum Gasteiger partial charge on any atom is 0.335 e. The predicted octanol–water partition coefficient (Wildman–Crippen LogP) is 3.24. The summed E-state index contributed by atoms with van der Waals surface area (Å²) in [6, 6.07) is 15.1. The van der Waals surface area contributed by atoms with E-state index >= 15 is 0 Å². The number of carboxylic acids is 1. The standard InChI is InChI=1S/C24H32N2O6/c1-25(20-9-7-18(8-10-20)24(27)28)15-23(26-12-11-22(14-26)32-17-30-3)19-5-4-6-21(13-19)31-16-29-2/h4-10,13,22-23H,11-12,14-17H2,1-3H3,(H,27,28)/t22-,23-/m0/s1. The highest BCUT2D eigenvalue weighted by Crippen LogP contribution is 2.30.